The van der Waals surface area contributed by atoms with Crippen LogP contribution in [-0.2, 0) is 4.79 Å². The molecule has 0 aromatic carbocycles. The number of nitrogens with zero attached hydrogens (tertiary/aromatic N) is 2. The monoisotopic (exact) mass is 260 g/mol. The van der Waals surface area contributed by atoms with Crippen molar-refractivity contribution in [1.82, 2.24) is 9.80 Å². The van der Waals surface area contributed by atoms with Gasteiger partial charge in [-0.05, 0) is 34.1 Å². The summed E-state index contributed by atoms with van der Waals surface area (Å²) in [7, 11) is 1.48. The number of aliphatic hydroxyl groups excluding tert-OH is 1. The van der Waals surface area contributed by atoms with Crippen LogP contribution < -0.4 is 0 Å². The Morgan fingerprint density at radius 1 is 1.28 bits per heavy atom. The minimum Gasteiger partial charge on any atom is -0.480 e. The quantitative estimate of drug-likeness (QED) is 0.746. The van der Waals surface area contributed by atoms with Crippen LogP contribution in [-0.4, -0.2) is 63.8 Å². The number of carbonyl (C=O) groups is 2. The molecule has 0 aliphatic heterocycles. The van der Waals surface area contributed by atoms with Gasteiger partial charge in [-0.2, -0.15) is 0 Å². The van der Waals surface area contributed by atoms with Gasteiger partial charge < -0.3 is 20.0 Å². The number of aliphatic carboxylic acids is 1. The first-order valence-electron chi connectivity index (χ1n) is 6.05. The number of rotatable bonds is 6. The van der Waals surface area contributed by atoms with E-state index in [1.165, 1.54) is 25.8 Å². The molecule has 6 nitrogen and oxygen atoms in total. The van der Waals surface area contributed by atoms with Gasteiger partial charge in [-0.3, -0.25) is 0 Å². The molecule has 0 aliphatic rings. The molecule has 2 N–H and O–H groups in total. The maximum atomic E-state index is 12.2. The lowest BCUT2D eigenvalue weighted by Gasteiger charge is -2.37. The lowest BCUT2D eigenvalue weighted by molar-refractivity contribution is -0.147. The van der Waals surface area contributed by atoms with Crippen LogP contribution in [0.25, 0.3) is 0 Å². The van der Waals surface area contributed by atoms with E-state index in [-0.39, 0.29) is 18.7 Å². The van der Waals surface area contributed by atoms with E-state index in [1.54, 1.807) is 4.90 Å². The Kier molecular flexibility index (Phi) is 6.11. The Balaban J connectivity index is 4.92. The van der Waals surface area contributed by atoms with Crippen LogP contribution in [0, 0.1) is 0 Å². The summed E-state index contributed by atoms with van der Waals surface area (Å²) in [6.45, 7) is 7.10. The number of amides is 2. The van der Waals surface area contributed by atoms with Crippen LogP contribution in [0.5, 0.6) is 0 Å². The maximum Gasteiger partial charge on any atom is 0.329 e. The van der Waals surface area contributed by atoms with Crippen LogP contribution in [0.15, 0.2) is 0 Å². The molecular weight excluding hydrogens is 236 g/mol. The summed E-state index contributed by atoms with van der Waals surface area (Å²) in [5, 5.41) is 17.9. The molecule has 0 unspecified atom stereocenters. The Labute approximate surface area is 108 Å². The summed E-state index contributed by atoms with van der Waals surface area (Å²) in [6, 6.07) is -0.387. The first-order chi connectivity index (χ1) is 8.16. The largest absolute Gasteiger partial charge is 0.480 e. The van der Waals surface area contributed by atoms with Crippen LogP contribution in [0.1, 0.15) is 34.1 Å². The molecule has 0 saturated carbocycles. The van der Waals surface area contributed by atoms with Crippen molar-refractivity contribution < 1.29 is 19.8 Å². The normalized spacial score (nSPS) is 11.5. The van der Waals surface area contributed by atoms with Gasteiger partial charge in [-0.25, -0.2) is 9.59 Å². The van der Waals surface area contributed by atoms with Crippen LogP contribution in [0.3, 0.4) is 0 Å². The number of likely N-dealkylation sites (N-methyl/N-ethyl adjacent to an activating group) is 1. The van der Waals surface area contributed by atoms with Crippen molar-refractivity contribution in [2.75, 3.05) is 20.2 Å². The zero-order chi connectivity index (χ0) is 14.5. The second-order valence-corrected chi connectivity index (χ2v) is 5.07. The summed E-state index contributed by atoms with van der Waals surface area (Å²) >= 11 is 0. The molecule has 0 aliphatic carbocycles. The zero-order valence-electron chi connectivity index (χ0n) is 11.8. The molecular formula is C12H24N2O4. The van der Waals surface area contributed by atoms with Gasteiger partial charge in [0.1, 0.15) is 5.54 Å². The van der Waals surface area contributed by atoms with Gasteiger partial charge in [-0.1, -0.05) is 0 Å². The van der Waals surface area contributed by atoms with Crippen molar-refractivity contribution in [3.05, 3.63) is 0 Å². The molecule has 6 heteroatoms. The highest BCUT2D eigenvalue weighted by Crippen LogP contribution is 2.16. The third-order valence-corrected chi connectivity index (χ3v) is 3.08. The molecule has 0 aromatic heterocycles. The van der Waals surface area contributed by atoms with Crippen LogP contribution in [0.2, 0.25) is 0 Å². The lowest BCUT2D eigenvalue weighted by atomic mass is 10.0. The highest BCUT2D eigenvalue weighted by atomic mass is 16.4. The third kappa shape index (κ3) is 3.87. The number of carboxylic acids is 1. The van der Waals surface area contributed by atoms with Crippen molar-refractivity contribution in [2.24, 2.45) is 0 Å². The Morgan fingerprint density at radius 3 is 2.11 bits per heavy atom. The zero-order valence-corrected chi connectivity index (χ0v) is 11.8. The predicted molar refractivity (Wildman–Crippen MR) is 68.4 cm³/mol. The smallest absolute Gasteiger partial charge is 0.329 e. The van der Waals surface area contributed by atoms with E-state index >= 15 is 0 Å². The lowest BCUT2D eigenvalue weighted by Crippen LogP contribution is -2.56. The topological polar surface area (TPSA) is 81.1 Å². The Bertz CT molecular complexity index is 302. The standard InChI is InChI=1S/C12H24N2O4/c1-9(2)14(7-6-8-15)11(18)13(5)12(3,4)10(16)17/h9,15H,6-8H2,1-5H3,(H,16,17). The van der Waals surface area contributed by atoms with E-state index in [2.05, 4.69) is 0 Å². The van der Waals surface area contributed by atoms with Gasteiger partial charge in [0.2, 0.25) is 0 Å². The molecule has 106 valence electrons. The van der Waals surface area contributed by atoms with Crippen molar-refractivity contribution in [2.45, 2.75) is 45.7 Å². The summed E-state index contributed by atoms with van der Waals surface area (Å²) in [6.07, 6.45) is 0.477. The molecule has 0 rings (SSSR count). The third-order valence-electron chi connectivity index (χ3n) is 3.08. The molecule has 0 aromatic rings. The maximum absolute atomic E-state index is 12.2. The van der Waals surface area contributed by atoms with Gasteiger partial charge in [-0.15, -0.1) is 0 Å². The van der Waals surface area contributed by atoms with Gasteiger partial charge in [0, 0.05) is 26.2 Å². The first-order valence-corrected chi connectivity index (χ1v) is 6.05. The van der Waals surface area contributed by atoms with E-state index < -0.39 is 11.5 Å². The second kappa shape index (κ2) is 6.58. The number of hydrogen-bond acceptors (Lipinski definition) is 3. The number of carboxylic acid groups (broad SMARTS) is 1. The summed E-state index contributed by atoms with van der Waals surface area (Å²) < 4.78 is 0. The van der Waals surface area contributed by atoms with Gasteiger partial charge >= 0.3 is 12.0 Å². The molecule has 0 saturated heterocycles. The summed E-state index contributed by atoms with van der Waals surface area (Å²) in [5.41, 5.74) is -1.26. The highest BCUT2D eigenvalue weighted by Gasteiger charge is 2.37. The molecule has 0 bridgehead atoms. The van der Waals surface area contributed by atoms with Crippen molar-refractivity contribution in [3.8, 4) is 0 Å². The van der Waals surface area contributed by atoms with Crippen LogP contribution in [0.4, 0.5) is 4.79 Å². The van der Waals surface area contributed by atoms with Crippen molar-refractivity contribution in [3.63, 3.8) is 0 Å². The summed E-state index contributed by atoms with van der Waals surface area (Å²) in [5.74, 6) is -1.05. The fourth-order valence-electron chi connectivity index (χ4n) is 1.39. The van der Waals surface area contributed by atoms with Gasteiger partial charge in [0.15, 0.2) is 0 Å². The number of aliphatic hydroxyl groups is 1. The summed E-state index contributed by atoms with van der Waals surface area (Å²) in [4.78, 5) is 26.1. The minimum atomic E-state index is -1.26. The molecule has 2 amide bonds. The number of urea groups is 1. The fourth-order valence-corrected chi connectivity index (χ4v) is 1.39. The SMILES string of the molecule is CC(C)N(CCCO)C(=O)N(C)C(C)(C)C(=O)O. The Hall–Kier alpha value is -1.30. The van der Waals surface area contributed by atoms with E-state index in [9.17, 15) is 9.59 Å². The Morgan fingerprint density at radius 2 is 1.78 bits per heavy atom. The first kappa shape index (κ1) is 16.7. The van der Waals surface area contributed by atoms with E-state index in [4.69, 9.17) is 10.2 Å². The van der Waals surface area contributed by atoms with E-state index in [0.29, 0.717) is 13.0 Å². The second-order valence-electron chi connectivity index (χ2n) is 5.07. The van der Waals surface area contributed by atoms with Crippen molar-refractivity contribution in [1.29, 1.82) is 0 Å². The molecule has 18 heavy (non-hydrogen) atoms. The fraction of sp³-hybridized carbons (Fsp3) is 0.833. The predicted octanol–water partition coefficient (Wildman–Crippen LogP) is 0.994. The van der Waals surface area contributed by atoms with E-state index in [0.717, 1.165) is 0 Å². The van der Waals surface area contributed by atoms with Gasteiger partial charge in [0.05, 0.1) is 0 Å². The molecule has 0 radical (unpaired) electrons. The average molecular weight is 260 g/mol. The highest BCUT2D eigenvalue weighted by molar-refractivity contribution is 5.85. The molecule has 0 fully saturated rings. The number of hydrogen-bond donors (Lipinski definition) is 2. The van der Waals surface area contributed by atoms with E-state index in [1.807, 2.05) is 13.8 Å². The molecule has 0 heterocycles. The molecule has 0 spiro atoms. The minimum absolute atomic E-state index is 0.00252. The van der Waals surface area contributed by atoms with Crippen LogP contribution >= 0.6 is 0 Å². The average Bonchev–Trinajstić information content (AvgIpc) is 2.27. The van der Waals surface area contributed by atoms with Gasteiger partial charge in [0.25, 0.3) is 0 Å². The number of carbonyl (C=O) groups excluding carboxylic acids is 1. The molecule has 0 atom stereocenters. The van der Waals surface area contributed by atoms with Crippen molar-refractivity contribution >= 4 is 12.0 Å².